The zero-order valence-corrected chi connectivity index (χ0v) is 23.0. The first-order chi connectivity index (χ1) is 17.7. The summed E-state index contributed by atoms with van der Waals surface area (Å²) in [4.78, 5) is 21.3. The molecule has 1 amide bonds. The van der Waals surface area contributed by atoms with Crippen LogP contribution in [0.2, 0.25) is 0 Å². The molecule has 0 aliphatic rings. The maximum Gasteiger partial charge on any atom is 0.237 e. The number of rotatable bonds is 11. The average molecular weight is 500 g/mol. The molecule has 0 unspecified atom stereocenters. The summed E-state index contributed by atoms with van der Waals surface area (Å²) in [6, 6.07) is 21.0. The predicted octanol–water partition coefficient (Wildman–Crippen LogP) is 6.79. The SMILES string of the molecule is CC(C)CN(CC(=O)N(CCc1c[nH]c2ccccc12)Cc1ccc(C(C)(C)C)cc1)Cc1ccco1. The van der Waals surface area contributed by atoms with E-state index in [0.29, 0.717) is 32.1 Å². The summed E-state index contributed by atoms with van der Waals surface area (Å²) in [5.74, 6) is 1.48. The Morgan fingerprint density at radius 1 is 0.973 bits per heavy atom. The highest BCUT2D eigenvalue weighted by molar-refractivity contribution is 5.83. The summed E-state index contributed by atoms with van der Waals surface area (Å²) in [6.45, 7) is 14.1. The summed E-state index contributed by atoms with van der Waals surface area (Å²) in [5, 5.41) is 1.23. The number of nitrogens with zero attached hydrogens (tertiary/aromatic N) is 2. The smallest absolute Gasteiger partial charge is 0.237 e. The van der Waals surface area contributed by atoms with Gasteiger partial charge in [0, 0.05) is 36.7 Å². The van der Waals surface area contributed by atoms with Gasteiger partial charge in [0.2, 0.25) is 5.91 Å². The molecule has 0 bridgehead atoms. The predicted molar refractivity (Wildman–Crippen MR) is 151 cm³/mol. The van der Waals surface area contributed by atoms with Crippen molar-refractivity contribution in [1.29, 1.82) is 0 Å². The summed E-state index contributed by atoms with van der Waals surface area (Å²) >= 11 is 0. The molecule has 196 valence electrons. The number of hydrogen-bond acceptors (Lipinski definition) is 3. The van der Waals surface area contributed by atoms with Crippen LogP contribution in [0, 0.1) is 5.92 Å². The zero-order valence-electron chi connectivity index (χ0n) is 23.0. The number of hydrogen-bond donors (Lipinski definition) is 1. The second kappa shape index (κ2) is 11.8. The van der Waals surface area contributed by atoms with Crippen LogP contribution in [-0.4, -0.2) is 40.3 Å². The van der Waals surface area contributed by atoms with Crippen molar-refractivity contribution in [2.24, 2.45) is 5.92 Å². The van der Waals surface area contributed by atoms with Crippen molar-refractivity contribution in [3.05, 3.63) is 95.6 Å². The van der Waals surface area contributed by atoms with Gasteiger partial charge in [0.15, 0.2) is 0 Å². The van der Waals surface area contributed by atoms with Crippen molar-refractivity contribution < 1.29 is 9.21 Å². The molecule has 37 heavy (non-hydrogen) atoms. The van der Waals surface area contributed by atoms with Gasteiger partial charge in [-0.25, -0.2) is 0 Å². The molecule has 2 aromatic carbocycles. The number of carbonyl (C=O) groups is 1. The van der Waals surface area contributed by atoms with E-state index in [4.69, 9.17) is 4.42 Å². The standard InChI is InChI=1S/C32H41N3O2/c1-24(2)20-34(22-28-9-8-18-37-28)23-31(36)35(21-25-12-14-27(15-13-25)32(3,4)5)17-16-26-19-33-30-11-7-6-10-29(26)30/h6-15,18-19,24,33H,16-17,20-23H2,1-5H3. The van der Waals surface area contributed by atoms with Crippen LogP contribution in [0.15, 0.2) is 77.5 Å². The van der Waals surface area contributed by atoms with E-state index < -0.39 is 0 Å². The number of benzene rings is 2. The fraction of sp³-hybridized carbons (Fsp3) is 0.406. The number of furan rings is 1. The van der Waals surface area contributed by atoms with Gasteiger partial charge >= 0.3 is 0 Å². The lowest BCUT2D eigenvalue weighted by Crippen LogP contribution is -2.41. The molecule has 5 nitrogen and oxygen atoms in total. The van der Waals surface area contributed by atoms with Crippen molar-refractivity contribution in [2.75, 3.05) is 19.6 Å². The Morgan fingerprint density at radius 3 is 2.41 bits per heavy atom. The van der Waals surface area contributed by atoms with E-state index in [-0.39, 0.29) is 11.3 Å². The van der Waals surface area contributed by atoms with Crippen molar-refractivity contribution in [3.8, 4) is 0 Å². The van der Waals surface area contributed by atoms with Crippen molar-refractivity contribution in [2.45, 2.75) is 59.5 Å². The maximum absolute atomic E-state index is 13.8. The van der Waals surface area contributed by atoms with E-state index in [2.05, 4.69) is 93.2 Å². The summed E-state index contributed by atoms with van der Waals surface area (Å²) < 4.78 is 5.59. The van der Waals surface area contributed by atoms with E-state index in [1.807, 2.05) is 23.1 Å². The lowest BCUT2D eigenvalue weighted by atomic mass is 9.87. The minimum atomic E-state index is 0.104. The number of nitrogens with one attached hydrogen (secondary N) is 1. The number of fused-ring (bicyclic) bond motifs is 1. The molecule has 0 fully saturated rings. The molecule has 0 radical (unpaired) electrons. The molecule has 4 rings (SSSR count). The van der Waals surface area contributed by atoms with E-state index >= 15 is 0 Å². The second-order valence-corrected chi connectivity index (χ2v) is 11.5. The number of H-pyrrole nitrogens is 1. The van der Waals surface area contributed by atoms with E-state index in [1.54, 1.807) is 6.26 Å². The average Bonchev–Trinajstić information content (AvgIpc) is 3.51. The molecule has 4 aromatic rings. The summed E-state index contributed by atoms with van der Waals surface area (Å²) in [5.41, 5.74) is 4.93. The van der Waals surface area contributed by atoms with E-state index in [9.17, 15) is 4.79 Å². The molecule has 0 aliphatic carbocycles. The molecular weight excluding hydrogens is 458 g/mol. The molecule has 1 N–H and O–H groups in total. The van der Waals surface area contributed by atoms with Crippen molar-refractivity contribution in [3.63, 3.8) is 0 Å². The quantitative estimate of drug-likeness (QED) is 0.247. The molecule has 0 saturated heterocycles. The lowest BCUT2D eigenvalue weighted by molar-refractivity contribution is -0.133. The van der Waals surface area contributed by atoms with Gasteiger partial charge in [-0.1, -0.05) is 77.1 Å². The fourth-order valence-electron chi connectivity index (χ4n) is 4.83. The highest BCUT2D eigenvalue weighted by Gasteiger charge is 2.21. The number of carbonyl (C=O) groups excluding carboxylic acids is 1. The van der Waals surface area contributed by atoms with Crippen molar-refractivity contribution in [1.82, 2.24) is 14.8 Å². The Balaban J connectivity index is 1.52. The molecule has 0 spiro atoms. The van der Waals surface area contributed by atoms with Gasteiger partial charge in [-0.15, -0.1) is 0 Å². The van der Waals surface area contributed by atoms with Gasteiger partial charge in [-0.3, -0.25) is 9.69 Å². The van der Waals surface area contributed by atoms with Gasteiger partial charge in [0.1, 0.15) is 5.76 Å². The minimum Gasteiger partial charge on any atom is -0.468 e. The number of aromatic nitrogens is 1. The first-order valence-corrected chi connectivity index (χ1v) is 13.4. The topological polar surface area (TPSA) is 52.5 Å². The lowest BCUT2D eigenvalue weighted by Gasteiger charge is -2.28. The number of para-hydroxylation sites is 1. The maximum atomic E-state index is 13.8. The highest BCUT2D eigenvalue weighted by atomic mass is 16.3. The van der Waals surface area contributed by atoms with Crippen LogP contribution in [-0.2, 0) is 29.7 Å². The molecular formula is C32H41N3O2. The normalized spacial score (nSPS) is 12.1. The largest absolute Gasteiger partial charge is 0.468 e. The van der Waals surface area contributed by atoms with Gasteiger partial charge in [0.25, 0.3) is 0 Å². The van der Waals surface area contributed by atoms with E-state index in [0.717, 1.165) is 29.8 Å². The third-order valence-electron chi connectivity index (χ3n) is 6.81. The number of amides is 1. The Labute approximate surface area is 221 Å². The van der Waals surface area contributed by atoms with Crippen LogP contribution in [0.5, 0.6) is 0 Å². The Hall–Kier alpha value is -3.31. The van der Waals surface area contributed by atoms with Gasteiger partial charge < -0.3 is 14.3 Å². The van der Waals surface area contributed by atoms with Crippen LogP contribution < -0.4 is 0 Å². The molecule has 0 atom stereocenters. The van der Waals surface area contributed by atoms with Gasteiger partial charge in [0.05, 0.1) is 19.4 Å². The minimum absolute atomic E-state index is 0.104. The summed E-state index contributed by atoms with van der Waals surface area (Å²) in [7, 11) is 0. The van der Waals surface area contributed by atoms with E-state index in [1.165, 1.54) is 16.5 Å². The zero-order chi connectivity index (χ0) is 26.4. The molecule has 0 saturated carbocycles. The molecule has 5 heteroatoms. The molecule has 0 aliphatic heterocycles. The summed E-state index contributed by atoms with van der Waals surface area (Å²) in [6.07, 6.45) is 4.57. The second-order valence-electron chi connectivity index (χ2n) is 11.5. The first-order valence-electron chi connectivity index (χ1n) is 13.4. The van der Waals surface area contributed by atoms with Gasteiger partial charge in [-0.2, -0.15) is 0 Å². The van der Waals surface area contributed by atoms with Crippen LogP contribution in [0.3, 0.4) is 0 Å². The molecule has 2 aromatic heterocycles. The highest BCUT2D eigenvalue weighted by Crippen LogP contribution is 2.23. The third-order valence-corrected chi connectivity index (χ3v) is 6.81. The number of aromatic amines is 1. The van der Waals surface area contributed by atoms with Crippen LogP contribution in [0.1, 0.15) is 57.1 Å². The first kappa shape index (κ1) is 26.7. The molecule has 2 heterocycles. The Kier molecular flexibility index (Phi) is 8.55. The Morgan fingerprint density at radius 2 is 1.73 bits per heavy atom. The van der Waals surface area contributed by atoms with Crippen LogP contribution in [0.4, 0.5) is 0 Å². The Bertz CT molecular complexity index is 1260. The van der Waals surface area contributed by atoms with Gasteiger partial charge in [-0.05, 0) is 52.6 Å². The van der Waals surface area contributed by atoms with Crippen LogP contribution in [0.25, 0.3) is 10.9 Å². The van der Waals surface area contributed by atoms with Crippen molar-refractivity contribution >= 4 is 16.8 Å². The monoisotopic (exact) mass is 499 g/mol. The fourth-order valence-corrected chi connectivity index (χ4v) is 4.83. The van der Waals surface area contributed by atoms with Crippen LogP contribution >= 0.6 is 0 Å². The third kappa shape index (κ3) is 7.36.